The molecule has 1 atom stereocenters. The summed E-state index contributed by atoms with van der Waals surface area (Å²) in [6.45, 7) is 2.62. The second-order valence-corrected chi connectivity index (χ2v) is 12.0. The van der Waals surface area contributed by atoms with Gasteiger partial charge in [-0.05, 0) is 61.9 Å². The summed E-state index contributed by atoms with van der Waals surface area (Å²) in [6.07, 6.45) is 0. The van der Waals surface area contributed by atoms with Gasteiger partial charge in [0.2, 0.25) is 11.8 Å². The van der Waals surface area contributed by atoms with Gasteiger partial charge in [-0.3, -0.25) is 13.9 Å². The predicted octanol–water partition coefficient (Wildman–Crippen LogP) is 5.97. The lowest BCUT2D eigenvalue weighted by Crippen LogP contribution is -2.50. The van der Waals surface area contributed by atoms with Crippen molar-refractivity contribution in [2.45, 2.75) is 31.3 Å². The molecule has 38 heavy (non-hydrogen) atoms. The van der Waals surface area contributed by atoms with Crippen molar-refractivity contribution in [1.82, 2.24) is 10.2 Å². The molecule has 0 unspecified atom stereocenters. The molecule has 0 aliphatic rings. The highest BCUT2D eigenvalue weighted by atomic mass is 35.5. The van der Waals surface area contributed by atoms with Crippen LogP contribution in [-0.4, -0.2) is 44.8 Å². The minimum Gasteiger partial charge on any atom is -0.357 e. The Labute approximate surface area is 242 Å². The summed E-state index contributed by atoms with van der Waals surface area (Å²) in [5, 5.41) is 3.51. The van der Waals surface area contributed by atoms with E-state index in [2.05, 4.69) is 5.32 Å². The van der Waals surface area contributed by atoms with E-state index in [0.29, 0.717) is 15.6 Å². The van der Waals surface area contributed by atoms with E-state index in [1.54, 1.807) is 24.3 Å². The number of benzene rings is 3. The van der Waals surface area contributed by atoms with Crippen molar-refractivity contribution >= 4 is 73.9 Å². The number of carbonyl (C=O) groups is 2. The lowest BCUT2D eigenvalue weighted by atomic mass is 10.1. The van der Waals surface area contributed by atoms with Crippen molar-refractivity contribution < 1.29 is 18.0 Å². The smallest absolute Gasteiger partial charge is 0.264 e. The number of likely N-dealkylation sites (N-methyl/N-ethyl adjacent to an activating group) is 1. The zero-order valence-electron chi connectivity index (χ0n) is 20.7. The van der Waals surface area contributed by atoms with E-state index >= 15 is 0 Å². The fourth-order valence-corrected chi connectivity index (χ4v) is 5.98. The predicted molar refractivity (Wildman–Crippen MR) is 153 cm³/mol. The molecule has 0 saturated heterocycles. The van der Waals surface area contributed by atoms with E-state index in [4.69, 9.17) is 46.4 Å². The molecule has 3 rings (SSSR count). The first-order valence-corrected chi connectivity index (χ1v) is 14.3. The number of nitrogens with one attached hydrogen (secondary N) is 1. The van der Waals surface area contributed by atoms with Crippen LogP contribution in [0.15, 0.2) is 65.6 Å². The van der Waals surface area contributed by atoms with Crippen molar-refractivity contribution in [3.8, 4) is 0 Å². The number of aryl methyl sites for hydroxylation is 1. The Hall–Kier alpha value is -2.49. The van der Waals surface area contributed by atoms with Crippen LogP contribution in [0.25, 0.3) is 0 Å². The van der Waals surface area contributed by atoms with Crippen LogP contribution in [-0.2, 0) is 26.2 Å². The van der Waals surface area contributed by atoms with Crippen molar-refractivity contribution in [1.29, 1.82) is 0 Å². The van der Waals surface area contributed by atoms with Gasteiger partial charge >= 0.3 is 0 Å². The summed E-state index contributed by atoms with van der Waals surface area (Å²) in [5.41, 5.74) is 1.40. The van der Waals surface area contributed by atoms with Gasteiger partial charge in [-0.2, -0.15) is 0 Å². The van der Waals surface area contributed by atoms with E-state index in [-0.39, 0.29) is 27.2 Å². The van der Waals surface area contributed by atoms with Crippen molar-refractivity contribution in [3.63, 3.8) is 0 Å². The minimum atomic E-state index is -4.28. The third-order valence-corrected chi connectivity index (χ3v) is 8.75. The molecule has 1 N–H and O–H groups in total. The number of amides is 2. The Kier molecular flexibility index (Phi) is 9.95. The van der Waals surface area contributed by atoms with Crippen molar-refractivity contribution in [2.24, 2.45) is 0 Å². The van der Waals surface area contributed by atoms with Crippen LogP contribution >= 0.6 is 46.4 Å². The maximum Gasteiger partial charge on any atom is 0.264 e. The first kappa shape index (κ1) is 30.1. The number of hydrogen-bond donors (Lipinski definition) is 1. The third-order valence-electron chi connectivity index (χ3n) is 5.83. The zero-order chi connectivity index (χ0) is 28.2. The number of nitrogens with zero attached hydrogens (tertiary/aromatic N) is 2. The van der Waals surface area contributed by atoms with Crippen LogP contribution in [0.2, 0.25) is 20.1 Å². The summed E-state index contributed by atoms with van der Waals surface area (Å²) in [7, 11) is -2.84. The van der Waals surface area contributed by atoms with Gasteiger partial charge in [0.1, 0.15) is 12.6 Å². The highest BCUT2D eigenvalue weighted by Crippen LogP contribution is 2.33. The number of hydrogen-bond acceptors (Lipinski definition) is 4. The molecule has 0 radical (unpaired) electrons. The van der Waals surface area contributed by atoms with Crippen LogP contribution in [0.5, 0.6) is 0 Å². The summed E-state index contributed by atoms with van der Waals surface area (Å²) in [4.78, 5) is 27.6. The topological polar surface area (TPSA) is 86.8 Å². The van der Waals surface area contributed by atoms with Crippen molar-refractivity contribution in [3.05, 3.63) is 91.9 Å². The Bertz CT molecular complexity index is 1450. The quantitative estimate of drug-likeness (QED) is 0.321. The van der Waals surface area contributed by atoms with Gasteiger partial charge in [0.25, 0.3) is 10.0 Å². The Balaban J connectivity index is 2.09. The average molecular weight is 617 g/mol. The molecular weight excluding hydrogens is 592 g/mol. The normalized spacial score (nSPS) is 12.1. The fraction of sp³-hybridized carbons (Fsp3) is 0.231. The maximum atomic E-state index is 13.8. The monoisotopic (exact) mass is 615 g/mol. The molecule has 0 aliphatic heterocycles. The van der Waals surface area contributed by atoms with Gasteiger partial charge in [0.05, 0.1) is 15.6 Å². The van der Waals surface area contributed by atoms with E-state index in [1.165, 1.54) is 55.3 Å². The molecule has 7 nitrogen and oxygen atoms in total. The number of carbonyl (C=O) groups excluding carboxylic acids is 2. The molecule has 0 saturated carbocycles. The number of rotatable bonds is 9. The van der Waals surface area contributed by atoms with Gasteiger partial charge in [-0.25, -0.2) is 8.42 Å². The van der Waals surface area contributed by atoms with Crippen LogP contribution in [0.1, 0.15) is 18.1 Å². The molecule has 0 aromatic heterocycles. The zero-order valence-corrected chi connectivity index (χ0v) is 24.6. The van der Waals surface area contributed by atoms with Gasteiger partial charge < -0.3 is 10.2 Å². The molecule has 0 fully saturated rings. The molecule has 202 valence electrons. The second kappa shape index (κ2) is 12.6. The molecule has 0 spiro atoms. The third kappa shape index (κ3) is 6.93. The lowest BCUT2D eigenvalue weighted by molar-refractivity contribution is -0.139. The number of sulfonamides is 1. The van der Waals surface area contributed by atoms with Crippen LogP contribution in [0.3, 0.4) is 0 Å². The minimum absolute atomic E-state index is 0.0187. The molecular formula is C26H25Cl4N3O4S. The van der Waals surface area contributed by atoms with Gasteiger partial charge in [-0.1, -0.05) is 70.2 Å². The summed E-state index contributed by atoms with van der Waals surface area (Å²) in [5.74, 6) is -1.11. The van der Waals surface area contributed by atoms with Crippen molar-refractivity contribution in [2.75, 3.05) is 17.9 Å². The average Bonchev–Trinajstić information content (AvgIpc) is 2.87. The van der Waals surface area contributed by atoms with E-state index in [9.17, 15) is 18.0 Å². The SMILES string of the molecule is CNC(=O)[C@@H](C)N(Cc1ccc(Cl)cc1Cl)C(=O)CN(c1cc(Cl)ccc1Cl)S(=O)(=O)c1ccc(C)cc1. The Morgan fingerprint density at radius 1 is 0.895 bits per heavy atom. The highest BCUT2D eigenvalue weighted by Gasteiger charge is 2.33. The van der Waals surface area contributed by atoms with E-state index in [1.807, 2.05) is 6.92 Å². The van der Waals surface area contributed by atoms with Crippen LogP contribution < -0.4 is 9.62 Å². The first-order chi connectivity index (χ1) is 17.8. The van der Waals surface area contributed by atoms with E-state index in [0.717, 1.165) is 9.87 Å². The Morgan fingerprint density at radius 2 is 1.50 bits per heavy atom. The summed E-state index contributed by atoms with van der Waals surface area (Å²) < 4.78 is 28.5. The summed E-state index contributed by atoms with van der Waals surface area (Å²) >= 11 is 24.9. The number of anilines is 1. The second-order valence-electron chi connectivity index (χ2n) is 8.47. The largest absolute Gasteiger partial charge is 0.357 e. The Morgan fingerprint density at radius 3 is 2.11 bits per heavy atom. The van der Waals surface area contributed by atoms with E-state index < -0.39 is 34.4 Å². The lowest BCUT2D eigenvalue weighted by Gasteiger charge is -2.32. The fourth-order valence-electron chi connectivity index (χ4n) is 3.65. The number of halogens is 4. The first-order valence-electron chi connectivity index (χ1n) is 11.3. The molecule has 0 bridgehead atoms. The molecule has 3 aromatic rings. The molecule has 3 aromatic carbocycles. The molecule has 0 aliphatic carbocycles. The summed E-state index contributed by atoms with van der Waals surface area (Å²) in [6, 6.07) is 14.3. The maximum absolute atomic E-state index is 13.8. The highest BCUT2D eigenvalue weighted by molar-refractivity contribution is 7.92. The standard InChI is InChI=1S/C26H25Cl4N3O4S/c1-16-4-9-21(10-5-16)38(36,37)33(24-13-20(28)8-11-22(24)29)15-25(34)32(17(2)26(35)31-3)14-18-6-7-19(27)12-23(18)30/h4-13,17H,14-15H2,1-3H3,(H,31,35)/t17-/m1/s1. The van der Waals surface area contributed by atoms with Gasteiger partial charge in [0.15, 0.2) is 0 Å². The van der Waals surface area contributed by atoms with Gasteiger partial charge in [0, 0.05) is 28.7 Å². The van der Waals surface area contributed by atoms with Crippen LogP contribution in [0, 0.1) is 6.92 Å². The van der Waals surface area contributed by atoms with Gasteiger partial charge in [-0.15, -0.1) is 0 Å². The molecule has 12 heteroatoms. The molecule has 2 amide bonds. The molecule has 0 heterocycles. The van der Waals surface area contributed by atoms with Crippen LogP contribution in [0.4, 0.5) is 5.69 Å².